The van der Waals surface area contributed by atoms with Crippen LogP contribution >= 0.6 is 8.03 Å². The zero-order chi connectivity index (χ0) is 33.8. The number of nitrogens with one attached hydrogen (secondary N) is 4. The molecule has 44 heavy (non-hydrogen) atoms. The largest absolute Gasteiger partial charge is 0.512 e. The van der Waals surface area contributed by atoms with Crippen molar-refractivity contribution in [3.05, 3.63) is 0 Å². The van der Waals surface area contributed by atoms with Gasteiger partial charge in [0.15, 0.2) is 0 Å². The summed E-state index contributed by atoms with van der Waals surface area (Å²) in [5.74, 6) is -2.85. The number of nitrogens with two attached hydrogens (primary N) is 2. The van der Waals surface area contributed by atoms with Crippen molar-refractivity contribution in [3.8, 4) is 0 Å². The third-order valence-electron chi connectivity index (χ3n) is 8.27. The molecule has 7 atom stereocenters. The van der Waals surface area contributed by atoms with Crippen LogP contribution in [-0.2, 0) is 23.7 Å². The van der Waals surface area contributed by atoms with Crippen molar-refractivity contribution in [1.82, 2.24) is 21.3 Å². The molecule has 4 amide bonds. The highest BCUT2D eigenvalue weighted by atomic mass is 31.1. The summed E-state index contributed by atoms with van der Waals surface area (Å²) in [5, 5.41) is 31.1. The smallest absolute Gasteiger partial charge is 0.391 e. The van der Waals surface area contributed by atoms with Gasteiger partial charge in [0.25, 0.3) is 0 Å². The van der Waals surface area contributed by atoms with E-state index in [1.54, 1.807) is 27.7 Å². The first-order chi connectivity index (χ1) is 20.4. The van der Waals surface area contributed by atoms with Crippen LogP contribution in [0.25, 0.3) is 0 Å². The summed E-state index contributed by atoms with van der Waals surface area (Å²) in [4.78, 5) is 60.6. The topological polar surface area (TPSA) is 246 Å². The third kappa shape index (κ3) is 12.3. The maximum atomic E-state index is 13.1. The minimum atomic E-state index is -2.91. The molecule has 1 unspecified atom stereocenters. The first kappa shape index (κ1) is 39.8. The van der Waals surface area contributed by atoms with E-state index < -0.39 is 73.2 Å². The van der Waals surface area contributed by atoms with Crippen molar-refractivity contribution in [2.24, 2.45) is 29.2 Å². The lowest BCUT2D eigenvalue weighted by Crippen LogP contribution is -2.55. The van der Waals surface area contributed by atoms with Gasteiger partial charge in [0.1, 0.15) is 12.1 Å². The fourth-order valence-corrected chi connectivity index (χ4v) is 6.93. The Kier molecular flexibility index (Phi) is 16.9. The summed E-state index contributed by atoms with van der Waals surface area (Å²) in [6, 6.07) is -3.41. The Morgan fingerprint density at radius 2 is 1.09 bits per heavy atom. The van der Waals surface area contributed by atoms with Gasteiger partial charge in [0.2, 0.25) is 28.8 Å². The maximum Gasteiger partial charge on any atom is 0.512 e. The van der Waals surface area contributed by atoms with Crippen LogP contribution in [0.4, 0.5) is 0 Å². The van der Waals surface area contributed by atoms with Gasteiger partial charge in [0.05, 0.1) is 24.3 Å². The van der Waals surface area contributed by atoms with Crippen LogP contribution < -0.4 is 32.7 Å². The molecule has 15 heteroatoms. The SMILES string of the molecule is CC(C)[C@H](NC(=O)[C@H](C)N)C(=O)NC[C@H](O)CC(C[C@@H](O)CNC(=O)[C@@H](NC(=O)[C@H](C)N)C(C)C)(C1CCCCC1)[P+](=O)O. The maximum absolute atomic E-state index is 13.1. The molecule has 1 rings (SSSR count). The summed E-state index contributed by atoms with van der Waals surface area (Å²) in [5.41, 5.74) is 11.2. The Bertz CT molecular complexity index is 916. The predicted molar refractivity (Wildman–Crippen MR) is 167 cm³/mol. The zero-order valence-electron chi connectivity index (χ0n) is 27.0. The number of amides is 4. The second kappa shape index (κ2) is 18.7. The highest BCUT2D eigenvalue weighted by molar-refractivity contribution is 7.40. The molecule has 0 aromatic carbocycles. The lowest BCUT2D eigenvalue weighted by atomic mass is 9.74. The molecular weight excluding hydrogens is 591 g/mol. The zero-order valence-corrected chi connectivity index (χ0v) is 27.9. The second-order valence-corrected chi connectivity index (χ2v) is 14.4. The van der Waals surface area contributed by atoms with Crippen molar-refractivity contribution in [2.45, 2.75) is 128 Å². The molecule has 0 radical (unpaired) electrons. The van der Waals surface area contributed by atoms with E-state index in [-0.39, 0.29) is 43.7 Å². The van der Waals surface area contributed by atoms with Gasteiger partial charge in [-0.1, -0.05) is 47.0 Å². The predicted octanol–water partition coefficient (Wildman–Crippen LogP) is -0.249. The highest BCUT2D eigenvalue weighted by Gasteiger charge is 2.57. The average Bonchev–Trinajstić information content (AvgIpc) is 2.95. The van der Waals surface area contributed by atoms with E-state index in [4.69, 9.17) is 11.5 Å². The minimum Gasteiger partial charge on any atom is -0.391 e. The quantitative estimate of drug-likeness (QED) is 0.0883. The Balaban J connectivity index is 3.04. The highest BCUT2D eigenvalue weighted by Crippen LogP contribution is 2.53. The molecule has 11 N–H and O–H groups in total. The number of aliphatic hydroxyl groups is 2. The van der Waals surface area contributed by atoms with E-state index in [1.807, 2.05) is 0 Å². The van der Waals surface area contributed by atoms with Gasteiger partial charge < -0.3 is 42.9 Å². The van der Waals surface area contributed by atoms with Crippen molar-refractivity contribution in [2.75, 3.05) is 13.1 Å². The van der Waals surface area contributed by atoms with Crippen molar-refractivity contribution < 1.29 is 38.8 Å². The molecule has 0 bridgehead atoms. The van der Waals surface area contributed by atoms with Crippen LogP contribution in [0.15, 0.2) is 0 Å². The molecule has 0 saturated heterocycles. The molecule has 0 heterocycles. The number of hydrogen-bond donors (Lipinski definition) is 9. The van der Waals surface area contributed by atoms with E-state index in [1.165, 1.54) is 13.8 Å². The van der Waals surface area contributed by atoms with Crippen molar-refractivity contribution in [3.63, 3.8) is 0 Å². The number of hydrogen-bond acceptors (Lipinski definition) is 9. The molecule has 0 spiro atoms. The normalized spacial score (nSPS) is 18.9. The van der Waals surface area contributed by atoms with E-state index >= 15 is 0 Å². The van der Waals surface area contributed by atoms with Crippen molar-refractivity contribution >= 4 is 31.7 Å². The van der Waals surface area contributed by atoms with E-state index in [0.717, 1.165) is 19.3 Å². The summed E-state index contributed by atoms with van der Waals surface area (Å²) in [7, 11) is -2.91. The van der Waals surface area contributed by atoms with Gasteiger partial charge in [-0.15, -0.1) is 0 Å². The van der Waals surface area contributed by atoms with Crippen LogP contribution in [0.3, 0.4) is 0 Å². The van der Waals surface area contributed by atoms with E-state index in [9.17, 15) is 38.8 Å². The molecule has 0 aliphatic heterocycles. The lowest BCUT2D eigenvalue weighted by Gasteiger charge is -2.36. The Morgan fingerprint density at radius 3 is 1.39 bits per heavy atom. The molecule has 0 aromatic heterocycles. The molecule has 1 aliphatic carbocycles. The number of carbonyl (C=O) groups excluding carboxylic acids is 4. The minimum absolute atomic E-state index is 0.174. The van der Waals surface area contributed by atoms with Crippen LogP contribution in [0.5, 0.6) is 0 Å². The average molecular weight is 648 g/mol. The van der Waals surface area contributed by atoms with Crippen LogP contribution in [0, 0.1) is 17.8 Å². The third-order valence-corrected chi connectivity index (χ3v) is 9.76. The Labute approximate surface area is 262 Å². The fraction of sp³-hybridized carbons (Fsp3) is 0.862. The number of carbonyl (C=O) groups is 4. The molecule has 254 valence electrons. The van der Waals surface area contributed by atoms with Crippen molar-refractivity contribution in [1.29, 1.82) is 0 Å². The van der Waals surface area contributed by atoms with Gasteiger partial charge >= 0.3 is 8.03 Å². The first-order valence-electron chi connectivity index (χ1n) is 15.6. The molecule has 1 saturated carbocycles. The van der Waals surface area contributed by atoms with Gasteiger partial charge in [-0.05, 0) is 43.1 Å². The molecule has 1 fully saturated rings. The van der Waals surface area contributed by atoms with Crippen LogP contribution in [0.1, 0.15) is 86.5 Å². The van der Waals surface area contributed by atoms with Crippen LogP contribution in [-0.4, -0.2) is 93.4 Å². The summed E-state index contributed by atoms with van der Waals surface area (Å²) >= 11 is 0. The summed E-state index contributed by atoms with van der Waals surface area (Å²) in [6.07, 6.45) is 1.10. The molecular formula is C29H56N6O8P+. The second-order valence-electron chi connectivity index (χ2n) is 13.0. The lowest BCUT2D eigenvalue weighted by molar-refractivity contribution is -0.130. The monoisotopic (exact) mass is 647 g/mol. The van der Waals surface area contributed by atoms with Gasteiger partial charge in [-0.3, -0.25) is 19.2 Å². The van der Waals surface area contributed by atoms with Crippen LogP contribution in [0.2, 0.25) is 0 Å². The standard InChI is InChI=1S/C29H55N6O8P/c1-16(2)23(34-25(38)18(5)30)27(40)32-14-21(36)12-29(44(42)43,20-10-8-7-9-11-20)13-22(37)15-33-28(41)24(17(3)4)35-26(39)19(6)31/h16-24,36-37H,7-15,30-31H2,1-6H3,(H4-,32,33,34,35,38,39,40,41,42,43)/p+1/t18-,19-,21+,22+,23-,24-/m0/s1. The molecule has 1 aliphatic rings. The van der Waals surface area contributed by atoms with Gasteiger partial charge in [0, 0.05) is 31.8 Å². The number of aliphatic hydroxyl groups excluding tert-OH is 2. The van der Waals surface area contributed by atoms with Gasteiger partial charge in [-0.25, -0.2) is 0 Å². The summed E-state index contributed by atoms with van der Waals surface area (Å²) < 4.78 is 13.1. The van der Waals surface area contributed by atoms with E-state index in [2.05, 4.69) is 21.3 Å². The molecule has 0 aromatic rings. The first-order valence-corrected chi connectivity index (χ1v) is 16.8. The molecule has 14 nitrogen and oxygen atoms in total. The number of rotatable bonds is 18. The Morgan fingerprint density at radius 1 is 0.727 bits per heavy atom. The Hall–Kier alpha value is -2.22. The van der Waals surface area contributed by atoms with Gasteiger partial charge in [-0.2, -0.15) is 4.89 Å². The fourth-order valence-electron chi connectivity index (χ4n) is 5.63. The van der Waals surface area contributed by atoms with E-state index in [0.29, 0.717) is 12.8 Å². The summed E-state index contributed by atoms with van der Waals surface area (Å²) in [6.45, 7) is 9.53.